The number of nitrogens with zero attached hydrogens (tertiary/aromatic N) is 2. The Morgan fingerprint density at radius 2 is 1.84 bits per heavy atom. The van der Waals surface area contributed by atoms with E-state index in [2.05, 4.69) is 0 Å². The molecule has 0 heterocycles. The van der Waals surface area contributed by atoms with Crippen molar-refractivity contribution < 1.29 is 19.7 Å². The van der Waals surface area contributed by atoms with Crippen molar-refractivity contribution in [2.75, 3.05) is 0 Å². The van der Waals surface area contributed by atoms with Crippen LogP contribution in [-0.2, 0) is 0 Å². The van der Waals surface area contributed by atoms with Crippen LogP contribution in [0.1, 0.15) is 61.9 Å². The molecule has 1 aromatic carbocycles. The fourth-order valence-corrected chi connectivity index (χ4v) is 3.98. The van der Waals surface area contributed by atoms with E-state index >= 15 is 0 Å². The lowest BCUT2D eigenvalue weighted by Gasteiger charge is -2.37. The van der Waals surface area contributed by atoms with Crippen LogP contribution in [0.25, 0.3) is 0 Å². The lowest BCUT2D eigenvalue weighted by atomic mass is 9.66. The van der Waals surface area contributed by atoms with Gasteiger partial charge in [0.2, 0.25) is 0 Å². The molecule has 1 aliphatic carbocycles. The maximum Gasteiger partial charge on any atom is 0.336 e. The van der Waals surface area contributed by atoms with Crippen LogP contribution in [0.4, 0.5) is 11.4 Å². The second kappa shape index (κ2) is 7.16. The third kappa shape index (κ3) is 3.78. The van der Waals surface area contributed by atoms with Gasteiger partial charge in [0.05, 0.1) is 21.5 Å². The molecular formula is C17H22N2O6. The zero-order valence-corrected chi connectivity index (χ0v) is 14.5. The van der Waals surface area contributed by atoms with Gasteiger partial charge in [-0.1, -0.05) is 27.2 Å². The molecule has 0 aromatic heterocycles. The van der Waals surface area contributed by atoms with Crippen molar-refractivity contribution in [1.82, 2.24) is 0 Å². The molecule has 2 rings (SSSR count). The van der Waals surface area contributed by atoms with E-state index in [9.17, 15) is 30.1 Å². The van der Waals surface area contributed by atoms with Crippen molar-refractivity contribution in [3.05, 3.63) is 43.5 Å². The highest BCUT2D eigenvalue weighted by molar-refractivity contribution is 5.92. The first-order valence-corrected chi connectivity index (χ1v) is 8.33. The van der Waals surface area contributed by atoms with Gasteiger partial charge < -0.3 is 5.11 Å². The largest absolute Gasteiger partial charge is 0.478 e. The number of carboxylic acid groups (broad SMARTS) is 1. The number of aromatic carboxylic acids is 1. The number of hydrogen-bond donors (Lipinski definition) is 1. The number of hydrogen-bond acceptors (Lipinski definition) is 5. The zero-order valence-electron chi connectivity index (χ0n) is 14.5. The third-order valence-electron chi connectivity index (χ3n) is 5.17. The molecule has 0 bridgehead atoms. The van der Waals surface area contributed by atoms with Gasteiger partial charge >= 0.3 is 5.97 Å². The molecule has 0 spiro atoms. The molecule has 25 heavy (non-hydrogen) atoms. The Hall–Kier alpha value is -2.51. The van der Waals surface area contributed by atoms with Crippen LogP contribution < -0.4 is 0 Å². The number of carbonyl (C=O) groups is 1. The van der Waals surface area contributed by atoms with E-state index in [-0.39, 0.29) is 28.9 Å². The minimum atomic E-state index is -1.37. The average molecular weight is 350 g/mol. The number of rotatable bonds is 5. The van der Waals surface area contributed by atoms with Gasteiger partial charge in [-0.25, -0.2) is 4.79 Å². The van der Waals surface area contributed by atoms with Gasteiger partial charge in [0, 0.05) is 11.6 Å². The number of nitro benzene ring substituents is 2. The first-order chi connectivity index (χ1) is 11.6. The molecule has 1 saturated carbocycles. The summed E-state index contributed by atoms with van der Waals surface area (Å²) in [5.41, 5.74) is -1.23. The molecule has 8 heteroatoms. The summed E-state index contributed by atoms with van der Waals surface area (Å²) in [6.45, 7) is 6.08. The fourth-order valence-electron chi connectivity index (χ4n) is 3.98. The van der Waals surface area contributed by atoms with Gasteiger partial charge in [-0.2, -0.15) is 0 Å². The van der Waals surface area contributed by atoms with Crippen LogP contribution in [0, 0.1) is 38.0 Å². The first-order valence-electron chi connectivity index (χ1n) is 8.33. The number of non-ortho nitro benzene ring substituents is 1. The standard InChI is InChI=1S/C17H22N2O6/c1-9(2)12-5-4-10(3)6-13(12)16-14(17(20)21)7-11(18(22)23)8-15(16)19(24)25/h7-10,12-13H,4-6H2,1-3H3,(H,20,21). The Labute approximate surface area is 145 Å². The summed E-state index contributed by atoms with van der Waals surface area (Å²) in [4.78, 5) is 32.8. The Balaban J connectivity index is 2.74. The van der Waals surface area contributed by atoms with Crippen LogP contribution >= 0.6 is 0 Å². The third-order valence-corrected chi connectivity index (χ3v) is 5.17. The van der Waals surface area contributed by atoms with E-state index < -0.39 is 27.2 Å². The summed E-state index contributed by atoms with van der Waals surface area (Å²) in [5, 5.41) is 32.2. The molecule has 1 aromatic rings. The van der Waals surface area contributed by atoms with E-state index in [4.69, 9.17) is 0 Å². The Kier molecular flexibility index (Phi) is 5.39. The summed E-state index contributed by atoms with van der Waals surface area (Å²) in [6.07, 6.45) is 2.49. The van der Waals surface area contributed by atoms with E-state index in [1.54, 1.807) is 0 Å². The smallest absolute Gasteiger partial charge is 0.336 e. The van der Waals surface area contributed by atoms with Gasteiger partial charge in [0.1, 0.15) is 0 Å². The molecule has 1 N–H and O–H groups in total. The van der Waals surface area contributed by atoms with Crippen LogP contribution in [0.3, 0.4) is 0 Å². The predicted octanol–water partition coefficient (Wildman–Crippen LogP) is 4.38. The van der Waals surface area contributed by atoms with Crippen molar-refractivity contribution in [2.45, 2.75) is 46.0 Å². The molecule has 0 saturated heterocycles. The molecule has 3 atom stereocenters. The van der Waals surface area contributed by atoms with Gasteiger partial charge in [0.25, 0.3) is 11.4 Å². The van der Waals surface area contributed by atoms with Crippen molar-refractivity contribution in [2.24, 2.45) is 17.8 Å². The van der Waals surface area contributed by atoms with Gasteiger partial charge in [-0.05, 0) is 36.5 Å². The molecule has 1 fully saturated rings. The molecular weight excluding hydrogens is 328 g/mol. The average Bonchev–Trinajstić information content (AvgIpc) is 2.52. The fraction of sp³-hybridized carbons (Fsp3) is 0.588. The van der Waals surface area contributed by atoms with Gasteiger partial charge in [-0.15, -0.1) is 0 Å². The lowest BCUT2D eigenvalue weighted by molar-refractivity contribution is -0.394. The minimum Gasteiger partial charge on any atom is -0.478 e. The second-order valence-electron chi connectivity index (χ2n) is 7.18. The van der Waals surface area contributed by atoms with Crippen LogP contribution in [0.2, 0.25) is 0 Å². The normalized spacial score (nSPS) is 23.4. The first kappa shape index (κ1) is 18.8. The van der Waals surface area contributed by atoms with E-state index in [0.29, 0.717) is 12.3 Å². The Bertz CT molecular complexity index is 680. The van der Waals surface area contributed by atoms with Gasteiger partial charge in [-0.3, -0.25) is 20.2 Å². The monoisotopic (exact) mass is 350 g/mol. The summed E-state index contributed by atoms with van der Waals surface area (Å²) >= 11 is 0. The van der Waals surface area contributed by atoms with Crippen LogP contribution in [0.5, 0.6) is 0 Å². The maximum absolute atomic E-state index is 11.7. The van der Waals surface area contributed by atoms with E-state index in [0.717, 1.165) is 25.0 Å². The van der Waals surface area contributed by atoms with E-state index in [1.165, 1.54) is 0 Å². The Morgan fingerprint density at radius 1 is 1.20 bits per heavy atom. The zero-order chi connectivity index (χ0) is 18.9. The SMILES string of the molecule is CC1CCC(C(C)C)C(c2c(C(=O)O)cc([N+](=O)[O-])cc2[N+](=O)[O-])C1. The Morgan fingerprint density at radius 3 is 2.32 bits per heavy atom. The highest BCUT2D eigenvalue weighted by atomic mass is 16.6. The quantitative estimate of drug-likeness (QED) is 0.621. The minimum absolute atomic E-state index is 0.106. The molecule has 0 aliphatic heterocycles. The van der Waals surface area contributed by atoms with Crippen molar-refractivity contribution in [1.29, 1.82) is 0 Å². The highest BCUT2D eigenvalue weighted by Crippen LogP contribution is 2.48. The molecule has 0 radical (unpaired) electrons. The summed E-state index contributed by atoms with van der Waals surface area (Å²) in [7, 11) is 0. The number of nitro groups is 2. The topological polar surface area (TPSA) is 124 Å². The van der Waals surface area contributed by atoms with Crippen molar-refractivity contribution in [3.8, 4) is 0 Å². The molecule has 8 nitrogen and oxygen atoms in total. The maximum atomic E-state index is 11.7. The summed E-state index contributed by atoms with van der Waals surface area (Å²) in [5.74, 6) is -1.02. The van der Waals surface area contributed by atoms with Crippen molar-refractivity contribution >= 4 is 17.3 Å². The lowest BCUT2D eigenvalue weighted by Crippen LogP contribution is -2.28. The molecule has 1 aliphatic rings. The molecule has 3 unspecified atom stereocenters. The number of carboxylic acids is 1. The van der Waals surface area contributed by atoms with Crippen LogP contribution in [0.15, 0.2) is 12.1 Å². The molecule has 136 valence electrons. The van der Waals surface area contributed by atoms with Crippen LogP contribution in [-0.4, -0.2) is 20.9 Å². The van der Waals surface area contributed by atoms with E-state index in [1.807, 2.05) is 20.8 Å². The number of benzene rings is 1. The molecule has 0 amide bonds. The van der Waals surface area contributed by atoms with Crippen molar-refractivity contribution in [3.63, 3.8) is 0 Å². The van der Waals surface area contributed by atoms with Gasteiger partial charge in [0.15, 0.2) is 0 Å². The second-order valence-corrected chi connectivity index (χ2v) is 7.18. The highest BCUT2D eigenvalue weighted by Gasteiger charge is 2.39. The summed E-state index contributed by atoms with van der Waals surface area (Å²) < 4.78 is 0. The summed E-state index contributed by atoms with van der Waals surface area (Å²) in [6, 6.07) is 1.83. The predicted molar refractivity (Wildman–Crippen MR) is 90.8 cm³/mol.